The number of likely N-dealkylation sites (N-methyl/N-ethyl adjacent to an activating group) is 2. The molecule has 0 radical (unpaired) electrons. The van der Waals surface area contributed by atoms with Gasteiger partial charge in [-0.3, -0.25) is 29.0 Å². The van der Waals surface area contributed by atoms with Gasteiger partial charge in [0.15, 0.2) is 0 Å². The van der Waals surface area contributed by atoms with Crippen LogP contribution in [0.4, 0.5) is 0 Å². The van der Waals surface area contributed by atoms with Gasteiger partial charge in [-0.05, 0) is 104 Å². The van der Waals surface area contributed by atoms with Crippen LogP contribution in [0.5, 0.6) is 0 Å². The molecular weight excluding hydrogens is 636 g/mol. The molecule has 4 aliphatic heterocycles. The molecule has 4 heterocycles. The number of carbonyl (C=O) groups is 5. The number of nitrogens with zero attached hydrogens (tertiary/aromatic N) is 5. The van der Waals surface area contributed by atoms with E-state index < -0.39 is 29.1 Å². The van der Waals surface area contributed by atoms with Gasteiger partial charge in [-0.25, -0.2) is 4.79 Å². The molecule has 50 heavy (non-hydrogen) atoms. The van der Waals surface area contributed by atoms with Crippen molar-refractivity contribution in [3.05, 3.63) is 0 Å². The van der Waals surface area contributed by atoms with Gasteiger partial charge in [0.1, 0.15) is 23.7 Å². The van der Waals surface area contributed by atoms with Gasteiger partial charge in [0.2, 0.25) is 23.6 Å². The molecule has 4 aliphatic rings. The van der Waals surface area contributed by atoms with Crippen LogP contribution in [-0.2, 0) is 28.7 Å². The second kappa shape index (κ2) is 16.3. The predicted octanol–water partition coefficient (Wildman–Crippen LogP) is 3.27. The smallest absolute Gasteiger partial charge is 0.329 e. The molecule has 284 valence electrons. The molecule has 0 saturated carbocycles. The van der Waals surface area contributed by atoms with E-state index in [2.05, 4.69) is 29.0 Å². The summed E-state index contributed by atoms with van der Waals surface area (Å²) in [4.78, 5) is 78.4. The predicted molar refractivity (Wildman–Crippen MR) is 193 cm³/mol. The van der Waals surface area contributed by atoms with Gasteiger partial charge >= 0.3 is 5.97 Å². The summed E-state index contributed by atoms with van der Waals surface area (Å²) in [5.74, 6) is -0.703. The van der Waals surface area contributed by atoms with Crippen LogP contribution in [0.15, 0.2) is 0 Å². The fraction of sp³-hybridized carbons (Fsp3) is 0.868. The number of amides is 4. The Kier molecular flexibility index (Phi) is 13.1. The van der Waals surface area contributed by atoms with Crippen molar-refractivity contribution >= 4 is 29.6 Å². The summed E-state index contributed by atoms with van der Waals surface area (Å²) in [7, 11) is 3.79. The molecule has 1 N–H and O–H groups in total. The number of carbonyl (C=O) groups excluding carboxylic acids is 5. The van der Waals surface area contributed by atoms with Gasteiger partial charge in [0.05, 0.1) is 12.1 Å². The molecule has 4 rings (SSSR count). The Morgan fingerprint density at radius 2 is 1.28 bits per heavy atom. The Balaban J connectivity index is 1.45. The van der Waals surface area contributed by atoms with Crippen molar-refractivity contribution in [2.24, 2.45) is 11.3 Å². The highest BCUT2D eigenvalue weighted by Crippen LogP contribution is 2.31. The van der Waals surface area contributed by atoms with Crippen molar-refractivity contribution < 1.29 is 28.7 Å². The first-order chi connectivity index (χ1) is 23.3. The van der Waals surface area contributed by atoms with E-state index in [1.165, 1.54) is 0 Å². The Hall–Kier alpha value is -2.73. The molecule has 4 amide bonds. The van der Waals surface area contributed by atoms with Gasteiger partial charge in [0.25, 0.3) is 0 Å². The SMILES string of the molecule is CC(C)[C@@H](CN1CCC[C@H]1C(=O)N1CCC[C@H]1C(=O)N1CCC[C@H]1C(=O)OC(C)(C)C)N(C)C(=O)[C@@H](NC(=O)C1CCCCN1C)C(C)(C)C. The molecule has 1 unspecified atom stereocenters. The Morgan fingerprint density at radius 1 is 0.740 bits per heavy atom. The second-order valence-corrected chi connectivity index (χ2v) is 17.6. The highest BCUT2D eigenvalue weighted by Gasteiger charge is 2.46. The zero-order valence-electron chi connectivity index (χ0n) is 32.6. The standard InChI is InChI=1S/C38H66N6O6/c1-25(2)30(41(10)35(48)31(37(3,4)5)39-32(45)26-16-11-12-20-40(26)9)24-42-21-13-17-27(42)33(46)43-22-14-18-28(43)34(47)44-23-15-19-29(44)36(49)50-38(6,7)8/h25-31H,11-24H2,1-10H3,(H,39,45)/t26?,27-,28-,29-,30+,31+/m0/s1. The molecule has 12 heteroatoms. The van der Waals surface area contributed by atoms with Crippen molar-refractivity contribution in [3.8, 4) is 0 Å². The second-order valence-electron chi connectivity index (χ2n) is 17.6. The highest BCUT2D eigenvalue weighted by molar-refractivity contribution is 5.93. The average molecular weight is 703 g/mol. The lowest BCUT2D eigenvalue weighted by molar-refractivity contribution is -0.164. The molecule has 4 fully saturated rings. The number of nitrogens with one attached hydrogen (secondary N) is 1. The van der Waals surface area contributed by atoms with Crippen LogP contribution in [0.1, 0.15) is 113 Å². The summed E-state index contributed by atoms with van der Waals surface area (Å²) in [6.45, 7) is 18.7. The largest absolute Gasteiger partial charge is 0.458 e. The molecule has 0 spiro atoms. The van der Waals surface area contributed by atoms with Gasteiger partial charge in [-0.1, -0.05) is 41.0 Å². The minimum Gasteiger partial charge on any atom is -0.458 e. The van der Waals surface area contributed by atoms with Crippen LogP contribution in [0, 0.1) is 11.3 Å². The van der Waals surface area contributed by atoms with Crippen LogP contribution < -0.4 is 5.32 Å². The summed E-state index contributed by atoms with van der Waals surface area (Å²) < 4.78 is 5.64. The number of ether oxygens (including phenoxy) is 1. The Labute approximate surface area is 300 Å². The first-order valence-electron chi connectivity index (χ1n) is 19.2. The molecule has 4 saturated heterocycles. The van der Waals surface area contributed by atoms with E-state index in [-0.39, 0.29) is 53.6 Å². The fourth-order valence-electron chi connectivity index (χ4n) is 8.32. The van der Waals surface area contributed by atoms with Crippen molar-refractivity contribution in [2.45, 2.75) is 155 Å². The quantitative estimate of drug-likeness (QED) is 0.345. The van der Waals surface area contributed by atoms with Gasteiger partial charge in [0, 0.05) is 32.7 Å². The number of piperidine rings is 1. The highest BCUT2D eigenvalue weighted by atomic mass is 16.6. The van der Waals surface area contributed by atoms with E-state index in [0.717, 1.165) is 51.6 Å². The van der Waals surface area contributed by atoms with Crippen molar-refractivity contribution in [1.29, 1.82) is 0 Å². The number of hydrogen-bond acceptors (Lipinski definition) is 8. The Morgan fingerprint density at radius 3 is 1.86 bits per heavy atom. The van der Waals surface area contributed by atoms with E-state index in [0.29, 0.717) is 38.9 Å². The monoisotopic (exact) mass is 703 g/mol. The number of rotatable bonds is 10. The van der Waals surface area contributed by atoms with E-state index in [4.69, 9.17) is 4.74 Å². The minimum absolute atomic E-state index is 0.0423. The summed E-state index contributed by atoms with van der Waals surface area (Å²) in [6, 6.07) is -2.71. The first kappa shape index (κ1) is 40.0. The third-order valence-corrected chi connectivity index (χ3v) is 11.2. The number of likely N-dealkylation sites (tertiary alicyclic amines) is 4. The lowest BCUT2D eigenvalue weighted by Gasteiger charge is -2.41. The van der Waals surface area contributed by atoms with Gasteiger partial charge < -0.3 is 24.8 Å². The molecule has 0 aromatic carbocycles. The fourth-order valence-corrected chi connectivity index (χ4v) is 8.32. The summed E-state index contributed by atoms with van der Waals surface area (Å²) in [5.41, 5.74) is -1.15. The number of hydrogen-bond donors (Lipinski definition) is 1. The summed E-state index contributed by atoms with van der Waals surface area (Å²) in [5, 5.41) is 3.14. The normalized spacial score (nSPS) is 26.6. The summed E-state index contributed by atoms with van der Waals surface area (Å²) in [6.07, 6.45) is 7.02. The maximum Gasteiger partial charge on any atom is 0.329 e. The first-order valence-corrected chi connectivity index (χ1v) is 19.2. The minimum atomic E-state index is -0.695. The molecule has 12 nitrogen and oxygen atoms in total. The van der Waals surface area contributed by atoms with E-state index >= 15 is 0 Å². The molecule has 0 aromatic heterocycles. The van der Waals surface area contributed by atoms with Gasteiger partial charge in [-0.15, -0.1) is 0 Å². The molecular formula is C38H66N6O6. The van der Waals surface area contributed by atoms with Crippen LogP contribution >= 0.6 is 0 Å². The third kappa shape index (κ3) is 9.38. The van der Waals surface area contributed by atoms with Gasteiger partial charge in [-0.2, -0.15) is 0 Å². The lowest BCUT2D eigenvalue weighted by Crippen LogP contribution is -2.61. The van der Waals surface area contributed by atoms with Crippen LogP contribution in [0.3, 0.4) is 0 Å². The Bertz CT molecular complexity index is 1240. The van der Waals surface area contributed by atoms with Crippen LogP contribution in [0.2, 0.25) is 0 Å². The zero-order chi connectivity index (χ0) is 37.1. The summed E-state index contributed by atoms with van der Waals surface area (Å²) >= 11 is 0. The lowest BCUT2D eigenvalue weighted by atomic mass is 9.84. The van der Waals surface area contributed by atoms with Crippen molar-refractivity contribution in [2.75, 3.05) is 46.8 Å². The van der Waals surface area contributed by atoms with E-state index in [1.54, 1.807) is 14.7 Å². The molecule has 0 aliphatic carbocycles. The van der Waals surface area contributed by atoms with E-state index in [1.807, 2.05) is 55.6 Å². The average Bonchev–Trinajstić information content (AvgIpc) is 3.81. The zero-order valence-corrected chi connectivity index (χ0v) is 32.6. The van der Waals surface area contributed by atoms with Crippen molar-refractivity contribution in [1.82, 2.24) is 29.8 Å². The molecule has 6 atom stereocenters. The molecule has 0 aromatic rings. The van der Waals surface area contributed by atoms with E-state index in [9.17, 15) is 24.0 Å². The maximum atomic E-state index is 14.3. The third-order valence-electron chi connectivity index (χ3n) is 11.2. The van der Waals surface area contributed by atoms with Crippen molar-refractivity contribution in [3.63, 3.8) is 0 Å². The maximum absolute atomic E-state index is 14.3. The topological polar surface area (TPSA) is 123 Å². The molecule has 0 bridgehead atoms. The number of esters is 1. The van der Waals surface area contributed by atoms with Crippen LogP contribution in [-0.4, -0.2) is 143 Å². The van der Waals surface area contributed by atoms with Crippen LogP contribution in [0.25, 0.3) is 0 Å².